The molecule has 0 unspecified atom stereocenters. The van der Waals surface area contributed by atoms with Crippen LogP contribution in [-0.4, -0.2) is 40.9 Å². The molecule has 2 aromatic heterocycles. The molecule has 6 heteroatoms. The normalized spacial score (nSPS) is 16.2. The Hall–Kier alpha value is -1.59. The standard InChI is InChI=1S/C12H12ClN3O2/c13-11(17)10-12(15-5-7-18-8-6-15)14-9-3-1-2-4-16(9)10/h1-4H,5-8H2. The molecule has 0 saturated carbocycles. The van der Waals surface area contributed by atoms with Crippen molar-refractivity contribution < 1.29 is 9.53 Å². The molecule has 94 valence electrons. The van der Waals surface area contributed by atoms with Gasteiger partial charge < -0.3 is 9.64 Å². The molecule has 1 aliphatic rings. The Morgan fingerprint density at radius 1 is 1.33 bits per heavy atom. The largest absolute Gasteiger partial charge is 0.378 e. The van der Waals surface area contributed by atoms with Crippen molar-refractivity contribution in [1.82, 2.24) is 9.38 Å². The van der Waals surface area contributed by atoms with E-state index in [1.165, 1.54) is 0 Å². The lowest BCUT2D eigenvalue weighted by molar-refractivity contribution is 0.107. The molecule has 0 radical (unpaired) electrons. The first kappa shape index (κ1) is 11.5. The molecule has 18 heavy (non-hydrogen) atoms. The number of rotatable bonds is 2. The Kier molecular flexibility index (Phi) is 2.93. The summed E-state index contributed by atoms with van der Waals surface area (Å²) in [5, 5.41) is -0.491. The first-order chi connectivity index (χ1) is 8.77. The molecule has 3 rings (SSSR count). The molecule has 5 nitrogen and oxygen atoms in total. The lowest BCUT2D eigenvalue weighted by Crippen LogP contribution is -2.37. The van der Waals surface area contributed by atoms with Gasteiger partial charge in [0.1, 0.15) is 5.65 Å². The number of anilines is 1. The summed E-state index contributed by atoms with van der Waals surface area (Å²) in [4.78, 5) is 18.2. The Labute approximate surface area is 109 Å². The molecule has 1 aliphatic heterocycles. The van der Waals surface area contributed by atoms with Crippen LogP contribution in [0.4, 0.5) is 5.82 Å². The monoisotopic (exact) mass is 265 g/mol. The number of carbonyl (C=O) groups excluding carboxylic acids is 1. The van der Waals surface area contributed by atoms with Crippen molar-refractivity contribution in [2.24, 2.45) is 0 Å². The van der Waals surface area contributed by atoms with E-state index in [0.717, 1.165) is 18.7 Å². The fraction of sp³-hybridized carbons (Fsp3) is 0.333. The van der Waals surface area contributed by atoms with Gasteiger partial charge in [-0.25, -0.2) is 4.98 Å². The molecule has 0 aliphatic carbocycles. The summed E-state index contributed by atoms with van der Waals surface area (Å²) in [5.74, 6) is 0.643. The van der Waals surface area contributed by atoms with Crippen LogP contribution in [0.1, 0.15) is 10.5 Å². The van der Waals surface area contributed by atoms with Crippen LogP contribution in [0.2, 0.25) is 0 Å². The van der Waals surface area contributed by atoms with E-state index in [9.17, 15) is 4.79 Å². The highest BCUT2D eigenvalue weighted by Crippen LogP contribution is 2.24. The van der Waals surface area contributed by atoms with Crippen LogP contribution in [0.3, 0.4) is 0 Å². The predicted molar refractivity (Wildman–Crippen MR) is 68.4 cm³/mol. The number of imidazole rings is 1. The molecule has 0 atom stereocenters. The number of morpholine rings is 1. The van der Waals surface area contributed by atoms with E-state index in [1.54, 1.807) is 10.6 Å². The smallest absolute Gasteiger partial charge is 0.273 e. The Morgan fingerprint density at radius 3 is 2.83 bits per heavy atom. The van der Waals surface area contributed by atoms with Crippen molar-refractivity contribution in [3.63, 3.8) is 0 Å². The predicted octanol–water partition coefficient (Wildman–Crippen LogP) is 1.55. The van der Waals surface area contributed by atoms with Crippen molar-refractivity contribution in [3.8, 4) is 0 Å². The van der Waals surface area contributed by atoms with Crippen LogP contribution < -0.4 is 4.90 Å². The van der Waals surface area contributed by atoms with Gasteiger partial charge in [0.05, 0.1) is 13.2 Å². The van der Waals surface area contributed by atoms with Crippen molar-refractivity contribution in [3.05, 3.63) is 30.1 Å². The molecule has 0 aromatic carbocycles. The quantitative estimate of drug-likeness (QED) is 0.773. The van der Waals surface area contributed by atoms with E-state index in [1.807, 2.05) is 23.1 Å². The lowest BCUT2D eigenvalue weighted by atomic mass is 10.3. The summed E-state index contributed by atoms with van der Waals surface area (Å²) < 4.78 is 7.02. The number of pyridine rings is 1. The van der Waals surface area contributed by atoms with E-state index in [4.69, 9.17) is 16.3 Å². The van der Waals surface area contributed by atoms with E-state index >= 15 is 0 Å². The SMILES string of the molecule is O=C(Cl)c1c(N2CCOCC2)nc2ccccn12. The zero-order valence-corrected chi connectivity index (χ0v) is 10.4. The van der Waals surface area contributed by atoms with Gasteiger partial charge in [-0.05, 0) is 23.7 Å². The number of ether oxygens (including phenoxy) is 1. The second-order valence-electron chi connectivity index (χ2n) is 4.09. The number of carbonyl (C=O) groups is 1. The van der Waals surface area contributed by atoms with Gasteiger partial charge in [-0.15, -0.1) is 0 Å². The Morgan fingerprint density at radius 2 is 2.11 bits per heavy atom. The van der Waals surface area contributed by atoms with Gasteiger partial charge in [0.25, 0.3) is 5.24 Å². The fourth-order valence-corrected chi connectivity index (χ4v) is 2.34. The van der Waals surface area contributed by atoms with Crippen LogP contribution in [0, 0.1) is 0 Å². The third-order valence-electron chi connectivity index (χ3n) is 3.01. The topological polar surface area (TPSA) is 46.8 Å². The van der Waals surface area contributed by atoms with Crippen molar-refractivity contribution in [1.29, 1.82) is 0 Å². The van der Waals surface area contributed by atoms with Gasteiger partial charge in [0.2, 0.25) is 0 Å². The number of halogens is 1. The Balaban J connectivity index is 2.14. The van der Waals surface area contributed by atoms with Crippen LogP contribution in [0.5, 0.6) is 0 Å². The molecular weight excluding hydrogens is 254 g/mol. The van der Waals surface area contributed by atoms with Gasteiger partial charge in [-0.1, -0.05) is 6.07 Å². The second kappa shape index (κ2) is 4.59. The van der Waals surface area contributed by atoms with Gasteiger partial charge in [0.15, 0.2) is 11.5 Å². The summed E-state index contributed by atoms with van der Waals surface area (Å²) >= 11 is 5.69. The molecule has 0 bridgehead atoms. The molecule has 0 amide bonds. The Bertz CT molecular complexity index is 590. The molecule has 0 spiro atoms. The first-order valence-corrected chi connectivity index (χ1v) is 6.15. The molecule has 1 saturated heterocycles. The molecule has 1 fully saturated rings. The van der Waals surface area contributed by atoms with Crippen LogP contribution in [-0.2, 0) is 4.74 Å². The maximum absolute atomic E-state index is 11.6. The zero-order valence-electron chi connectivity index (χ0n) is 9.67. The summed E-state index contributed by atoms with van der Waals surface area (Å²) in [6, 6.07) is 5.59. The molecule has 3 heterocycles. The van der Waals surface area contributed by atoms with E-state index in [2.05, 4.69) is 4.98 Å². The summed E-state index contributed by atoms with van der Waals surface area (Å²) in [6.07, 6.45) is 1.79. The number of nitrogens with zero attached hydrogens (tertiary/aromatic N) is 3. The molecule has 2 aromatic rings. The highest BCUT2D eigenvalue weighted by molar-refractivity contribution is 6.68. The number of fused-ring (bicyclic) bond motifs is 1. The van der Waals surface area contributed by atoms with Crippen molar-refractivity contribution in [2.75, 3.05) is 31.2 Å². The number of aromatic nitrogens is 2. The summed E-state index contributed by atoms with van der Waals surface area (Å²) in [7, 11) is 0. The van der Waals surface area contributed by atoms with Gasteiger partial charge in [0, 0.05) is 19.3 Å². The van der Waals surface area contributed by atoms with Crippen molar-refractivity contribution >= 4 is 28.3 Å². The molecule has 0 N–H and O–H groups in total. The minimum atomic E-state index is -0.491. The maximum atomic E-state index is 11.6. The van der Waals surface area contributed by atoms with Crippen molar-refractivity contribution in [2.45, 2.75) is 0 Å². The number of hydrogen-bond donors (Lipinski definition) is 0. The minimum absolute atomic E-state index is 0.425. The van der Waals surface area contributed by atoms with Gasteiger partial charge in [-0.3, -0.25) is 9.20 Å². The maximum Gasteiger partial charge on any atom is 0.273 e. The highest BCUT2D eigenvalue weighted by atomic mass is 35.5. The molecular formula is C12H12ClN3O2. The number of hydrogen-bond acceptors (Lipinski definition) is 4. The van der Waals surface area contributed by atoms with Crippen LogP contribution in [0.15, 0.2) is 24.4 Å². The average molecular weight is 266 g/mol. The second-order valence-corrected chi connectivity index (χ2v) is 4.43. The summed E-state index contributed by atoms with van der Waals surface area (Å²) in [6.45, 7) is 2.73. The lowest BCUT2D eigenvalue weighted by Gasteiger charge is -2.27. The highest BCUT2D eigenvalue weighted by Gasteiger charge is 2.23. The fourth-order valence-electron chi connectivity index (χ4n) is 2.16. The average Bonchev–Trinajstić information content (AvgIpc) is 2.79. The third kappa shape index (κ3) is 1.85. The van der Waals surface area contributed by atoms with E-state index < -0.39 is 5.24 Å². The minimum Gasteiger partial charge on any atom is -0.378 e. The van der Waals surface area contributed by atoms with Crippen LogP contribution >= 0.6 is 11.6 Å². The van der Waals surface area contributed by atoms with E-state index in [0.29, 0.717) is 24.7 Å². The van der Waals surface area contributed by atoms with Gasteiger partial charge in [-0.2, -0.15) is 0 Å². The zero-order chi connectivity index (χ0) is 12.5. The summed E-state index contributed by atoms with van der Waals surface area (Å²) in [5.41, 5.74) is 1.15. The third-order valence-corrected chi connectivity index (χ3v) is 3.19. The van der Waals surface area contributed by atoms with E-state index in [-0.39, 0.29) is 0 Å². The van der Waals surface area contributed by atoms with Crippen LogP contribution in [0.25, 0.3) is 5.65 Å². The van der Waals surface area contributed by atoms with Gasteiger partial charge >= 0.3 is 0 Å². The first-order valence-electron chi connectivity index (χ1n) is 5.77.